The molecule has 0 bridgehead atoms. The van der Waals surface area contributed by atoms with E-state index in [-0.39, 0.29) is 11.6 Å². The Morgan fingerprint density at radius 3 is 2.62 bits per heavy atom. The van der Waals surface area contributed by atoms with Crippen LogP contribution in [0.25, 0.3) is 5.65 Å². The third kappa shape index (κ3) is 2.50. The first-order valence-electron chi connectivity index (χ1n) is 5.94. The summed E-state index contributed by atoms with van der Waals surface area (Å²) >= 11 is 0. The van der Waals surface area contributed by atoms with Crippen molar-refractivity contribution in [1.82, 2.24) is 14.6 Å². The molecule has 21 heavy (non-hydrogen) atoms. The van der Waals surface area contributed by atoms with Crippen LogP contribution in [0.5, 0.6) is 5.88 Å². The summed E-state index contributed by atoms with van der Waals surface area (Å²) in [6, 6.07) is 8.99. The monoisotopic (exact) mass is 280 g/mol. The van der Waals surface area contributed by atoms with Crippen molar-refractivity contribution >= 4 is 11.3 Å². The second kappa shape index (κ2) is 4.94. The van der Waals surface area contributed by atoms with Gasteiger partial charge in [0.25, 0.3) is 5.69 Å². The van der Waals surface area contributed by atoms with Gasteiger partial charge in [0, 0.05) is 23.8 Å². The summed E-state index contributed by atoms with van der Waals surface area (Å²) in [6.45, 7) is 0. The molecule has 1 N–H and O–H groups in total. The van der Waals surface area contributed by atoms with Crippen molar-refractivity contribution in [2.24, 2.45) is 0 Å². The lowest BCUT2D eigenvalue weighted by atomic mass is 10.2. The summed E-state index contributed by atoms with van der Waals surface area (Å²) in [5.74, 6) is 5.61. The molecule has 0 saturated heterocycles. The van der Waals surface area contributed by atoms with Gasteiger partial charge in [-0.05, 0) is 24.1 Å². The molecule has 0 radical (unpaired) electrons. The highest BCUT2D eigenvalue weighted by atomic mass is 16.6. The molecule has 3 aromatic rings. The zero-order chi connectivity index (χ0) is 14.8. The minimum atomic E-state index is -0.464. The minimum Gasteiger partial charge on any atom is -0.492 e. The first kappa shape index (κ1) is 12.6. The summed E-state index contributed by atoms with van der Waals surface area (Å²) in [7, 11) is 0. The molecule has 2 heterocycles. The number of imidazole rings is 1. The summed E-state index contributed by atoms with van der Waals surface area (Å²) in [5.41, 5.74) is 1.73. The van der Waals surface area contributed by atoms with Gasteiger partial charge in [-0.2, -0.15) is 0 Å². The lowest BCUT2D eigenvalue weighted by Crippen LogP contribution is -1.93. The van der Waals surface area contributed by atoms with Crippen LogP contribution in [0.1, 0.15) is 11.3 Å². The van der Waals surface area contributed by atoms with Gasteiger partial charge in [0.1, 0.15) is 5.69 Å². The van der Waals surface area contributed by atoms with Gasteiger partial charge in [-0.25, -0.2) is 9.50 Å². The van der Waals surface area contributed by atoms with Crippen LogP contribution in [0, 0.1) is 22.0 Å². The van der Waals surface area contributed by atoms with Crippen LogP contribution in [-0.2, 0) is 0 Å². The van der Waals surface area contributed by atoms with E-state index in [9.17, 15) is 15.2 Å². The Morgan fingerprint density at radius 1 is 1.14 bits per heavy atom. The molecule has 0 fully saturated rings. The first-order chi connectivity index (χ1) is 10.1. The number of aromatic nitrogens is 3. The largest absolute Gasteiger partial charge is 0.492 e. The summed E-state index contributed by atoms with van der Waals surface area (Å²) in [4.78, 5) is 14.2. The number of rotatable bonds is 1. The molecule has 102 valence electrons. The van der Waals surface area contributed by atoms with E-state index in [0.717, 1.165) is 0 Å². The van der Waals surface area contributed by atoms with Gasteiger partial charge in [-0.15, -0.1) is 5.10 Å². The van der Waals surface area contributed by atoms with Crippen LogP contribution in [0.3, 0.4) is 0 Å². The van der Waals surface area contributed by atoms with Crippen molar-refractivity contribution in [1.29, 1.82) is 0 Å². The molecule has 0 atom stereocenters. The van der Waals surface area contributed by atoms with Gasteiger partial charge in [0.15, 0.2) is 5.65 Å². The number of nitro benzene ring substituents is 1. The highest BCUT2D eigenvalue weighted by Crippen LogP contribution is 2.12. The van der Waals surface area contributed by atoms with Gasteiger partial charge < -0.3 is 5.11 Å². The van der Waals surface area contributed by atoms with Crippen molar-refractivity contribution in [2.75, 3.05) is 0 Å². The maximum atomic E-state index is 10.6. The predicted molar refractivity (Wildman–Crippen MR) is 73.7 cm³/mol. The topological polar surface area (TPSA) is 93.6 Å². The van der Waals surface area contributed by atoms with Crippen LogP contribution < -0.4 is 0 Å². The third-order valence-electron chi connectivity index (χ3n) is 2.76. The molecular weight excluding hydrogens is 272 g/mol. The van der Waals surface area contributed by atoms with E-state index in [1.54, 1.807) is 24.4 Å². The Bertz CT molecular complexity index is 888. The average molecular weight is 280 g/mol. The molecule has 0 aliphatic heterocycles. The molecular formula is C14H8N4O3. The molecule has 0 amide bonds. The van der Waals surface area contributed by atoms with Gasteiger partial charge in [0.05, 0.1) is 11.1 Å². The molecule has 0 saturated carbocycles. The summed E-state index contributed by atoms with van der Waals surface area (Å²) < 4.78 is 1.42. The van der Waals surface area contributed by atoms with Crippen molar-refractivity contribution in [3.05, 3.63) is 64.0 Å². The lowest BCUT2D eigenvalue weighted by Gasteiger charge is -1.94. The summed E-state index contributed by atoms with van der Waals surface area (Å²) in [6.07, 6.45) is 1.54. The number of benzene rings is 1. The fraction of sp³-hybridized carbons (Fsp3) is 0. The van der Waals surface area contributed by atoms with Crippen molar-refractivity contribution < 1.29 is 10.0 Å². The third-order valence-corrected chi connectivity index (χ3v) is 2.76. The number of fused-ring (bicyclic) bond motifs is 1. The average Bonchev–Trinajstić information content (AvgIpc) is 2.88. The van der Waals surface area contributed by atoms with Crippen LogP contribution in [0.2, 0.25) is 0 Å². The standard InChI is InChI=1S/C14H8N4O3/c19-14-8-7-13-15-9-12(17(13)16-14)6-3-10-1-4-11(5-2-10)18(20)21/h1-2,4-5,7-9H,(H,16,19). The Hall–Kier alpha value is -3.40. The van der Waals surface area contributed by atoms with Crippen LogP contribution >= 0.6 is 0 Å². The zero-order valence-electron chi connectivity index (χ0n) is 10.6. The van der Waals surface area contributed by atoms with Crippen molar-refractivity contribution in [2.45, 2.75) is 0 Å². The lowest BCUT2D eigenvalue weighted by molar-refractivity contribution is -0.384. The fourth-order valence-corrected chi connectivity index (χ4v) is 1.75. The van der Waals surface area contributed by atoms with E-state index in [2.05, 4.69) is 21.9 Å². The normalized spacial score (nSPS) is 10.1. The Morgan fingerprint density at radius 2 is 1.90 bits per heavy atom. The number of hydrogen-bond donors (Lipinski definition) is 1. The van der Waals surface area contributed by atoms with Crippen LogP contribution in [0.4, 0.5) is 5.69 Å². The number of aromatic hydroxyl groups is 1. The maximum Gasteiger partial charge on any atom is 0.269 e. The Balaban J connectivity index is 1.95. The smallest absolute Gasteiger partial charge is 0.269 e. The zero-order valence-corrected chi connectivity index (χ0v) is 10.6. The number of nitro groups is 1. The highest BCUT2D eigenvalue weighted by Gasteiger charge is 2.04. The van der Waals surface area contributed by atoms with E-state index < -0.39 is 4.92 Å². The molecule has 0 spiro atoms. The quantitative estimate of drug-likeness (QED) is 0.416. The number of non-ortho nitro benzene ring substituents is 1. The Labute approximate surface area is 118 Å². The van der Waals surface area contributed by atoms with Gasteiger partial charge in [0.2, 0.25) is 5.88 Å². The highest BCUT2D eigenvalue weighted by molar-refractivity contribution is 5.48. The SMILES string of the molecule is O=[N+]([O-])c1ccc(C#Cc2cnc3ccc(O)nn23)cc1. The second-order valence-electron chi connectivity index (χ2n) is 4.16. The van der Waals surface area contributed by atoms with Crippen LogP contribution in [0.15, 0.2) is 42.6 Å². The van der Waals surface area contributed by atoms with Gasteiger partial charge in [-0.3, -0.25) is 10.1 Å². The Kier molecular flexibility index (Phi) is 2.97. The molecule has 1 aromatic carbocycles. The van der Waals surface area contributed by atoms with E-state index in [1.807, 2.05) is 0 Å². The van der Waals surface area contributed by atoms with Crippen LogP contribution in [-0.4, -0.2) is 24.6 Å². The summed E-state index contributed by atoms with van der Waals surface area (Å²) in [5, 5.41) is 23.8. The fourth-order valence-electron chi connectivity index (χ4n) is 1.75. The maximum absolute atomic E-state index is 10.6. The number of hydrogen-bond acceptors (Lipinski definition) is 5. The molecule has 7 heteroatoms. The van der Waals surface area contributed by atoms with E-state index >= 15 is 0 Å². The predicted octanol–water partition coefficient (Wildman–Crippen LogP) is 1.74. The van der Waals surface area contributed by atoms with E-state index in [4.69, 9.17) is 0 Å². The van der Waals surface area contributed by atoms with Gasteiger partial charge >= 0.3 is 0 Å². The second-order valence-corrected chi connectivity index (χ2v) is 4.16. The molecule has 0 unspecified atom stereocenters. The molecule has 0 aliphatic rings. The van der Waals surface area contributed by atoms with Crippen molar-refractivity contribution in [3.63, 3.8) is 0 Å². The van der Waals surface area contributed by atoms with Gasteiger partial charge in [-0.1, -0.05) is 5.92 Å². The van der Waals surface area contributed by atoms with E-state index in [0.29, 0.717) is 16.9 Å². The molecule has 7 nitrogen and oxygen atoms in total. The molecule has 0 aliphatic carbocycles. The van der Waals surface area contributed by atoms with Crippen molar-refractivity contribution in [3.8, 4) is 17.7 Å². The molecule has 3 rings (SSSR count). The minimum absolute atomic E-state index is 0.0157. The molecule has 2 aromatic heterocycles. The number of nitrogens with zero attached hydrogens (tertiary/aromatic N) is 4. The van der Waals surface area contributed by atoms with E-state index in [1.165, 1.54) is 22.7 Å². The first-order valence-corrected chi connectivity index (χ1v) is 5.94.